The molecule has 1 aliphatic rings. The van der Waals surface area contributed by atoms with E-state index in [-0.39, 0.29) is 6.10 Å². The van der Waals surface area contributed by atoms with Gasteiger partial charge in [-0.2, -0.15) is 0 Å². The Morgan fingerprint density at radius 3 is 2.73 bits per heavy atom. The van der Waals surface area contributed by atoms with Gasteiger partial charge in [-0.1, -0.05) is 0 Å². The molecule has 3 heteroatoms. The average molecular weight is 160 g/mol. The highest BCUT2D eigenvalue weighted by atomic mass is 16.7. The van der Waals surface area contributed by atoms with E-state index in [4.69, 9.17) is 14.2 Å². The minimum Gasteiger partial charge on any atom is -0.379 e. The summed E-state index contributed by atoms with van der Waals surface area (Å²) in [4.78, 5) is 0. The highest BCUT2D eigenvalue weighted by Gasteiger charge is 2.32. The second kappa shape index (κ2) is 3.52. The molecule has 0 N–H and O–H groups in total. The van der Waals surface area contributed by atoms with E-state index in [0.29, 0.717) is 13.2 Å². The third kappa shape index (κ3) is 2.77. The molecule has 0 aromatic carbocycles. The summed E-state index contributed by atoms with van der Waals surface area (Å²) in [5.41, 5.74) is 0. The highest BCUT2D eigenvalue weighted by Crippen LogP contribution is 2.21. The highest BCUT2D eigenvalue weighted by molar-refractivity contribution is 4.69. The van der Waals surface area contributed by atoms with Gasteiger partial charge in [-0.25, -0.2) is 0 Å². The van der Waals surface area contributed by atoms with E-state index >= 15 is 0 Å². The second-order valence-electron chi connectivity index (χ2n) is 3.11. The maximum Gasteiger partial charge on any atom is 0.163 e. The molecule has 0 radical (unpaired) electrons. The third-order valence-corrected chi connectivity index (χ3v) is 1.58. The minimum absolute atomic E-state index is 0.116. The summed E-state index contributed by atoms with van der Waals surface area (Å²) < 4.78 is 16.1. The average Bonchev–Trinajstić information content (AvgIpc) is 2.26. The standard InChI is InChI=1S/C8H16O3/c1-4-9-5-7-6-10-8(2,3)11-7/h7H,4-6H2,1-3H3. The van der Waals surface area contributed by atoms with E-state index in [1.807, 2.05) is 20.8 Å². The predicted octanol–water partition coefficient (Wildman–Crippen LogP) is 1.17. The molecule has 1 saturated heterocycles. The third-order valence-electron chi connectivity index (χ3n) is 1.58. The Morgan fingerprint density at radius 2 is 2.27 bits per heavy atom. The summed E-state index contributed by atoms with van der Waals surface area (Å²) in [5, 5.41) is 0. The fraction of sp³-hybridized carbons (Fsp3) is 1.00. The summed E-state index contributed by atoms with van der Waals surface area (Å²) in [6, 6.07) is 0. The van der Waals surface area contributed by atoms with Crippen molar-refractivity contribution in [3.05, 3.63) is 0 Å². The van der Waals surface area contributed by atoms with Crippen LogP contribution in [0.2, 0.25) is 0 Å². The van der Waals surface area contributed by atoms with Gasteiger partial charge in [-0.15, -0.1) is 0 Å². The molecule has 0 spiro atoms. The Balaban J connectivity index is 2.20. The summed E-state index contributed by atoms with van der Waals surface area (Å²) in [6.07, 6.45) is 0.116. The van der Waals surface area contributed by atoms with Crippen LogP contribution in [0, 0.1) is 0 Å². The molecular formula is C8H16O3. The van der Waals surface area contributed by atoms with Gasteiger partial charge in [0.25, 0.3) is 0 Å². The molecule has 0 amide bonds. The van der Waals surface area contributed by atoms with Crippen LogP contribution < -0.4 is 0 Å². The SMILES string of the molecule is CCOCC1COC(C)(C)O1. The van der Waals surface area contributed by atoms with Crippen LogP contribution in [0.1, 0.15) is 20.8 Å². The van der Waals surface area contributed by atoms with Gasteiger partial charge >= 0.3 is 0 Å². The number of hydrogen-bond donors (Lipinski definition) is 0. The van der Waals surface area contributed by atoms with Crippen LogP contribution in [0.5, 0.6) is 0 Å². The van der Waals surface area contributed by atoms with Crippen molar-refractivity contribution in [1.29, 1.82) is 0 Å². The van der Waals surface area contributed by atoms with Gasteiger partial charge in [-0.05, 0) is 20.8 Å². The van der Waals surface area contributed by atoms with Crippen LogP contribution in [0.3, 0.4) is 0 Å². The minimum atomic E-state index is -0.415. The summed E-state index contributed by atoms with van der Waals surface area (Å²) in [7, 11) is 0. The van der Waals surface area contributed by atoms with Crippen molar-refractivity contribution in [2.24, 2.45) is 0 Å². The van der Waals surface area contributed by atoms with Gasteiger partial charge in [0.1, 0.15) is 6.10 Å². The quantitative estimate of drug-likeness (QED) is 0.620. The van der Waals surface area contributed by atoms with E-state index in [1.165, 1.54) is 0 Å². The van der Waals surface area contributed by atoms with Crippen molar-refractivity contribution < 1.29 is 14.2 Å². The molecular weight excluding hydrogens is 144 g/mol. The van der Waals surface area contributed by atoms with Gasteiger partial charge in [0.2, 0.25) is 0 Å². The van der Waals surface area contributed by atoms with E-state index in [2.05, 4.69) is 0 Å². The summed E-state index contributed by atoms with van der Waals surface area (Å²) in [5.74, 6) is -0.415. The fourth-order valence-corrected chi connectivity index (χ4v) is 1.09. The second-order valence-corrected chi connectivity index (χ2v) is 3.11. The Hall–Kier alpha value is -0.120. The molecule has 3 nitrogen and oxygen atoms in total. The first-order valence-electron chi connectivity index (χ1n) is 4.03. The van der Waals surface area contributed by atoms with Crippen LogP contribution in [0.4, 0.5) is 0 Å². The molecule has 0 saturated carbocycles. The lowest BCUT2D eigenvalue weighted by Crippen LogP contribution is -2.23. The Kier molecular flexibility index (Phi) is 2.87. The Bertz CT molecular complexity index is 123. The summed E-state index contributed by atoms with van der Waals surface area (Å²) >= 11 is 0. The molecule has 0 aliphatic carbocycles. The first-order valence-corrected chi connectivity index (χ1v) is 4.03. The van der Waals surface area contributed by atoms with Crippen LogP contribution >= 0.6 is 0 Å². The normalized spacial score (nSPS) is 29.2. The van der Waals surface area contributed by atoms with E-state index in [0.717, 1.165) is 6.61 Å². The predicted molar refractivity (Wildman–Crippen MR) is 41.4 cm³/mol. The van der Waals surface area contributed by atoms with Crippen molar-refractivity contribution in [3.8, 4) is 0 Å². The lowest BCUT2D eigenvalue weighted by atomic mass is 10.4. The Labute approximate surface area is 67.6 Å². The van der Waals surface area contributed by atoms with Crippen molar-refractivity contribution in [2.45, 2.75) is 32.7 Å². The number of hydrogen-bond acceptors (Lipinski definition) is 3. The van der Waals surface area contributed by atoms with Crippen molar-refractivity contribution in [2.75, 3.05) is 19.8 Å². The zero-order chi connectivity index (χ0) is 8.32. The zero-order valence-corrected chi connectivity index (χ0v) is 7.42. The fourth-order valence-electron chi connectivity index (χ4n) is 1.09. The van der Waals surface area contributed by atoms with E-state index < -0.39 is 5.79 Å². The lowest BCUT2D eigenvalue weighted by Gasteiger charge is -2.16. The smallest absolute Gasteiger partial charge is 0.163 e. The molecule has 0 aromatic rings. The van der Waals surface area contributed by atoms with Crippen LogP contribution in [0.15, 0.2) is 0 Å². The van der Waals surface area contributed by atoms with E-state index in [9.17, 15) is 0 Å². The molecule has 1 rings (SSSR count). The van der Waals surface area contributed by atoms with Gasteiger partial charge < -0.3 is 14.2 Å². The zero-order valence-electron chi connectivity index (χ0n) is 7.42. The van der Waals surface area contributed by atoms with E-state index in [1.54, 1.807) is 0 Å². The molecule has 1 atom stereocenters. The van der Waals surface area contributed by atoms with Crippen molar-refractivity contribution >= 4 is 0 Å². The molecule has 1 fully saturated rings. The monoisotopic (exact) mass is 160 g/mol. The van der Waals surface area contributed by atoms with Gasteiger partial charge in [0.05, 0.1) is 13.2 Å². The van der Waals surface area contributed by atoms with Gasteiger partial charge in [0.15, 0.2) is 5.79 Å². The van der Waals surface area contributed by atoms with Crippen molar-refractivity contribution in [1.82, 2.24) is 0 Å². The lowest BCUT2D eigenvalue weighted by molar-refractivity contribution is -0.144. The molecule has 1 heterocycles. The van der Waals surface area contributed by atoms with Crippen molar-refractivity contribution in [3.63, 3.8) is 0 Å². The topological polar surface area (TPSA) is 27.7 Å². The largest absolute Gasteiger partial charge is 0.379 e. The van der Waals surface area contributed by atoms with Gasteiger partial charge in [0, 0.05) is 6.61 Å². The molecule has 1 unspecified atom stereocenters. The molecule has 0 bridgehead atoms. The first-order chi connectivity index (χ1) is 5.14. The number of rotatable bonds is 3. The van der Waals surface area contributed by atoms with Crippen LogP contribution in [-0.2, 0) is 14.2 Å². The maximum atomic E-state index is 5.50. The van der Waals surface area contributed by atoms with Crippen LogP contribution in [0.25, 0.3) is 0 Å². The molecule has 66 valence electrons. The first kappa shape index (κ1) is 8.97. The molecule has 0 aromatic heterocycles. The number of ether oxygens (including phenoxy) is 3. The molecule has 11 heavy (non-hydrogen) atoms. The van der Waals surface area contributed by atoms with Gasteiger partial charge in [-0.3, -0.25) is 0 Å². The Morgan fingerprint density at radius 1 is 1.55 bits per heavy atom. The maximum absolute atomic E-state index is 5.50. The molecule has 1 aliphatic heterocycles. The summed E-state index contributed by atoms with van der Waals surface area (Å²) in [6.45, 7) is 7.83. The van der Waals surface area contributed by atoms with Crippen LogP contribution in [-0.4, -0.2) is 31.7 Å².